The second-order valence-electron chi connectivity index (χ2n) is 5.61. The zero-order chi connectivity index (χ0) is 13.9. The summed E-state index contributed by atoms with van der Waals surface area (Å²) in [6.45, 7) is 0. The van der Waals surface area contributed by atoms with Crippen molar-refractivity contribution in [3.05, 3.63) is 12.2 Å². The van der Waals surface area contributed by atoms with E-state index in [2.05, 4.69) is 0 Å². The lowest BCUT2D eigenvalue weighted by atomic mass is 9.46. The van der Waals surface area contributed by atoms with Crippen molar-refractivity contribution in [2.24, 2.45) is 35.5 Å². The topological polar surface area (TPSA) is 112 Å². The number of fused-ring (bicyclic) bond motifs is 1. The van der Waals surface area contributed by atoms with Gasteiger partial charge in [0.2, 0.25) is 0 Å². The molecule has 2 bridgehead atoms. The fraction of sp³-hybridized carbons (Fsp3) is 0.667. The largest absolute Gasteiger partial charge is 0.508 e. The molecule has 0 aliphatic heterocycles. The Morgan fingerprint density at radius 3 is 2.11 bits per heavy atom. The summed E-state index contributed by atoms with van der Waals surface area (Å²) in [7, 11) is -2.32. The maximum atomic E-state index is 11.4. The molecule has 4 aliphatic rings. The number of allylic oxidation sites excluding steroid dienone is 2. The summed E-state index contributed by atoms with van der Waals surface area (Å²) in [5.74, 6) is -4.95. The molecule has 2 saturated carbocycles. The summed E-state index contributed by atoms with van der Waals surface area (Å²) in [6.07, 6.45) is 4.07. The molecule has 0 amide bonds. The highest BCUT2D eigenvalue weighted by Gasteiger charge is 2.67. The van der Waals surface area contributed by atoms with E-state index in [1.165, 1.54) is 0 Å². The molecule has 0 saturated heterocycles. The molecule has 0 heterocycles. The van der Waals surface area contributed by atoms with Crippen molar-refractivity contribution in [1.82, 2.24) is 0 Å². The van der Waals surface area contributed by atoms with Gasteiger partial charge >= 0.3 is 20.0 Å². The van der Waals surface area contributed by atoms with Crippen molar-refractivity contribution in [2.45, 2.75) is 12.1 Å². The third-order valence-corrected chi connectivity index (χ3v) is 6.14. The van der Waals surface area contributed by atoms with Crippen LogP contribution in [0.15, 0.2) is 12.2 Å². The number of carbonyl (C=O) groups is 2. The van der Waals surface area contributed by atoms with E-state index >= 15 is 0 Å². The van der Waals surface area contributed by atoms with Crippen LogP contribution in [0.3, 0.4) is 0 Å². The van der Waals surface area contributed by atoms with Gasteiger partial charge in [-0.1, -0.05) is 12.2 Å². The summed E-state index contributed by atoms with van der Waals surface area (Å²) < 4.78 is 11.3. The van der Waals surface area contributed by atoms with Crippen LogP contribution in [-0.2, 0) is 14.2 Å². The number of hydrogen-bond acceptors (Lipinski definition) is 3. The SMILES string of the molecule is O=C(O)[C@@H]1[C@H](C(=O)O)[C@@H]2C=C[C@H]1C1C2CC1[P+](=O)O. The van der Waals surface area contributed by atoms with Crippen LogP contribution in [0, 0.1) is 35.5 Å². The van der Waals surface area contributed by atoms with Gasteiger partial charge in [-0.2, -0.15) is 4.89 Å². The van der Waals surface area contributed by atoms with Crippen LogP contribution < -0.4 is 0 Å². The monoisotopic (exact) mass is 285 g/mol. The molecule has 4 aliphatic carbocycles. The molecule has 0 aromatic heterocycles. The van der Waals surface area contributed by atoms with Crippen LogP contribution in [0.5, 0.6) is 0 Å². The van der Waals surface area contributed by atoms with E-state index in [0.29, 0.717) is 6.42 Å². The van der Waals surface area contributed by atoms with Gasteiger partial charge in [0.05, 0.1) is 11.8 Å². The Kier molecular flexibility index (Phi) is 2.76. The Hall–Kier alpha value is -1.26. The Bertz CT molecular complexity index is 500. The minimum atomic E-state index is -2.32. The van der Waals surface area contributed by atoms with Gasteiger partial charge in [0, 0.05) is 12.3 Å². The van der Waals surface area contributed by atoms with E-state index in [1.54, 1.807) is 12.2 Å². The van der Waals surface area contributed by atoms with Gasteiger partial charge in [-0.15, -0.1) is 0 Å². The Morgan fingerprint density at radius 1 is 1.05 bits per heavy atom. The standard InChI is InChI=1S/C12H13O6P/c13-11(14)9-4-1-2-5(10(9)12(15)16)8-6(4)3-7(8)19(17)18/h1-2,4-10H,3H2,(H2-,13,14,15,16,17,18)/p+1/t4-,5+,6?,7?,8?,9-,10+/m1/s1. The molecular formula is C12H14O6P+. The highest BCUT2D eigenvalue weighted by atomic mass is 31.1. The molecule has 0 aromatic carbocycles. The molecule has 0 radical (unpaired) electrons. The lowest BCUT2D eigenvalue weighted by Gasteiger charge is -2.56. The predicted octanol–water partition coefficient (Wildman–Crippen LogP) is 0.943. The molecule has 19 heavy (non-hydrogen) atoms. The molecule has 3 N–H and O–H groups in total. The van der Waals surface area contributed by atoms with Gasteiger partial charge < -0.3 is 10.2 Å². The van der Waals surface area contributed by atoms with Crippen molar-refractivity contribution in [3.8, 4) is 0 Å². The second kappa shape index (κ2) is 4.12. The maximum Gasteiger partial charge on any atom is 0.508 e. The number of carboxylic acid groups (broad SMARTS) is 2. The minimum Gasteiger partial charge on any atom is -0.481 e. The van der Waals surface area contributed by atoms with Crippen LogP contribution in [0.2, 0.25) is 0 Å². The van der Waals surface area contributed by atoms with Gasteiger partial charge in [0.25, 0.3) is 0 Å². The molecule has 4 unspecified atom stereocenters. The molecule has 7 heteroatoms. The summed E-state index contributed by atoms with van der Waals surface area (Å²) >= 11 is 0. The second-order valence-corrected chi connectivity index (χ2v) is 6.88. The van der Waals surface area contributed by atoms with E-state index in [9.17, 15) is 29.3 Å². The number of rotatable bonds is 3. The van der Waals surface area contributed by atoms with Gasteiger partial charge in [0.1, 0.15) is 0 Å². The number of carboxylic acids is 2. The summed E-state index contributed by atoms with van der Waals surface area (Å²) in [5.41, 5.74) is -0.381. The van der Waals surface area contributed by atoms with Crippen molar-refractivity contribution in [3.63, 3.8) is 0 Å². The first-order valence-electron chi connectivity index (χ1n) is 6.22. The Labute approximate surface area is 110 Å². The Balaban J connectivity index is 1.98. The highest BCUT2D eigenvalue weighted by Crippen LogP contribution is 2.63. The number of aliphatic carboxylic acids is 2. The minimum absolute atomic E-state index is 0.0443. The molecule has 102 valence electrons. The first-order chi connectivity index (χ1) is 8.93. The maximum absolute atomic E-state index is 11.4. The molecule has 8 atom stereocenters. The van der Waals surface area contributed by atoms with Crippen LogP contribution in [0.25, 0.3) is 0 Å². The first-order valence-corrected chi connectivity index (χ1v) is 7.50. The highest BCUT2D eigenvalue weighted by molar-refractivity contribution is 7.39. The predicted molar refractivity (Wildman–Crippen MR) is 63.6 cm³/mol. The average molecular weight is 285 g/mol. The normalized spacial score (nSPS) is 47.2. The third-order valence-electron chi connectivity index (χ3n) is 5.02. The van der Waals surface area contributed by atoms with Gasteiger partial charge in [-0.25, -0.2) is 0 Å². The smallest absolute Gasteiger partial charge is 0.481 e. The van der Waals surface area contributed by atoms with Gasteiger partial charge in [0.15, 0.2) is 5.66 Å². The van der Waals surface area contributed by atoms with Crippen LogP contribution in [0.4, 0.5) is 0 Å². The summed E-state index contributed by atoms with van der Waals surface area (Å²) in [4.78, 5) is 32.0. The van der Waals surface area contributed by atoms with E-state index in [1.807, 2.05) is 0 Å². The van der Waals surface area contributed by atoms with E-state index in [0.717, 1.165) is 0 Å². The molecule has 0 aromatic rings. The van der Waals surface area contributed by atoms with Crippen molar-refractivity contribution < 1.29 is 29.3 Å². The Morgan fingerprint density at radius 2 is 1.58 bits per heavy atom. The molecular weight excluding hydrogens is 271 g/mol. The fourth-order valence-corrected chi connectivity index (χ4v) is 5.40. The van der Waals surface area contributed by atoms with E-state index in [-0.39, 0.29) is 23.4 Å². The molecule has 6 nitrogen and oxygen atoms in total. The van der Waals surface area contributed by atoms with E-state index < -0.39 is 37.7 Å². The molecule has 2 fully saturated rings. The lowest BCUT2D eigenvalue weighted by Crippen LogP contribution is -2.61. The van der Waals surface area contributed by atoms with Crippen LogP contribution >= 0.6 is 8.03 Å². The average Bonchev–Trinajstić information content (AvgIpc) is 2.26. The lowest BCUT2D eigenvalue weighted by molar-refractivity contribution is -0.170. The van der Waals surface area contributed by atoms with Gasteiger partial charge in [-0.05, 0) is 22.3 Å². The van der Waals surface area contributed by atoms with Crippen LogP contribution in [-0.4, -0.2) is 32.7 Å². The third kappa shape index (κ3) is 1.60. The quantitative estimate of drug-likeness (QED) is 0.525. The van der Waals surface area contributed by atoms with Gasteiger partial charge in [-0.3, -0.25) is 9.59 Å². The molecule has 4 rings (SSSR count). The van der Waals surface area contributed by atoms with Crippen molar-refractivity contribution in [1.29, 1.82) is 0 Å². The summed E-state index contributed by atoms with van der Waals surface area (Å²) in [6, 6.07) is 0. The van der Waals surface area contributed by atoms with Crippen molar-refractivity contribution >= 4 is 20.0 Å². The zero-order valence-electron chi connectivity index (χ0n) is 9.92. The summed E-state index contributed by atoms with van der Waals surface area (Å²) in [5, 5.41) is 18.6. The van der Waals surface area contributed by atoms with Crippen molar-refractivity contribution in [2.75, 3.05) is 0 Å². The number of hydrogen-bond donors (Lipinski definition) is 3. The fourth-order valence-electron chi connectivity index (χ4n) is 4.26. The molecule has 0 spiro atoms. The first kappa shape index (κ1) is 12.8. The zero-order valence-corrected chi connectivity index (χ0v) is 10.8. The van der Waals surface area contributed by atoms with Crippen LogP contribution in [0.1, 0.15) is 6.42 Å². The van der Waals surface area contributed by atoms with E-state index in [4.69, 9.17) is 0 Å².